The maximum Gasteiger partial charge on any atom is 0.573 e. The van der Waals surface area contributed by atoms with Crippen LogP contribution in [-0.4, -0.2) is 6.36 Å². The molecule has 0 amide bonds. The Morgan fingerprint density at radius 3 is 2.60 bits per heavy atom. The summed E-state index contributed by atoms with van der Waals surface area (Å²) in [6.07, 6.45) is -3.91. The first kappa shape index (κ1) is 12.8. The van der Waals surface area contributed by atoms with Crippen molar-refractivity contribution in [3.63, 3.8) is 0 Å². The molecule has 1 atom stereocenters. The van der Waals surface area contributed by atoms with Crippen molar-refractivity contribution in [3.8, 4) is 5.75 Å². The Morgan fingerprint density at radius 1 is 1.05 bits per heavy atom. The zero-order chi connectivity index (χ0) is 14.2. The second-order valence-electron chi connectivity index (χ2n) is 4.68. The van der Waals surface area contributed by atoms with Gasteiger partial charge in [0.25, 0.3) is 0 Å². The summed E-state index contributed by atoms with van der Waals surface area (Å²) < 4.78 is 40.6. The molecule has 2 aromatic carbocycles. The molecular weight excluding hydrogens is 267 g/mol. The van der Waals surface area contributed by atoms with Crippen LogP contribution < -0.4 is 10.1 Å². The number of rotatable bonds is 2. The topological polar surface area (TPSA) is 21.3 Å². The van der Waals surface area contributed by atoms with E-state index >= 15 is 0 Å². The smallest absolute Gasteiger partial charge is 0.406 e. The molecule has 0 saturated carbocycles. The van der Waals surface area contributed by atoms with Crippen LogP contribution in [0.25, 0.3) is 0 Å². The molecule has 0 saturated heterocycles. The van der Waals surface area contributed by atoms with Crippen LogP contribution in [0.15, 0.2) is 48.5 Å². The first-order chi connectivity index (χ1) is 9.51. The number of ether oxygens (including phenoxy) is 1. The molecule has 0 radical (unpaired) electrons. The van der Waals surface area contributed by atoms with Gasteiger partial charge in [0.2, 0.25) is 0 Å². The van der Waals surface area contributed by atoms with Gasteiger partial charge in [-0.05, 0) is 35.7 Å². The molecule has 0 fully saturated rings. The normalized spacial score (nSPS) is 17.4. The first-order valence-electron chi connectivity index (χ1n) is 6.21. The predicted molar refractivity (Wildman–Crippen MR) is 69.6 cm³/mol. The first-order valence-corrected chi connectivity index (χ1v) is 6.21. The number of fused-ring (bicyclic) bond motifs is 1. The minimum absolute atomic E-state index is 0.0239. The fraction of sp³-hybridized carbons (Fsp3) is 0.200. The molecule has 0 aromatic heterocycles. The number of hydrogen-bond donors (Lipinski definition) is 1. The summed E-state index contributed by atoms with van der Waals surface area (Å²) in [6.45, 7) is 0. The standard InChI is InChI=1S/C15H12F3NO/c16-15(17,18)20-12-6-3-5-10(8-12)14-9-11-4-1-2-7-13(11)19-14/h1-8,14,19H,9H2. The third kappa shape index (κ3) is 2.71. The summed E-state index contributed by atoms with van der Waals surface area (Å²) in [5.74, 6) is -0.187. The zero-order valence-electron chi connectivity index (χ0n) is 10.4. The number of benzene rings is 2. The number of alkyl halides is 3. The maximum absolute atomic E-state index is 12.2. The van der Waals surface area contributed by atoms with Gasteiger partial charge in [0.15, 0.2) is 0 Å². The average molecular weight is 279 g/mol. The van der Waals surface area contributed by atoms with Crippen LogP contribution in [0.3, 0.4) is 0 Å². The van der Waals surface area contributed by atoms with E-state index in [1.807, 2.05) is 24.3 Å². The second kappa shape index (κ2) is 4.74. The minimum atomic E-state index is -4.66. The molecule has 0 bridgehead atoms. The van der Waals surface area contributed by atoms with Gasteiger partial charge in [-0.15, -0.1) is 13.2 Å². The number of halogens is 3. The highest BCUT2D eigenvalue weighted by molar-refractivity contribution is 5.58. The lowest BCUT2D eigenvalue weighted by atomic mass is 10.0. The van der Waals surface area contributed by atoms with Crippen molar-refractivity contribution in [1.82, 2.24) is 0 Å². The van der Waals surface area contributed by atoms with Crippen molar-refractivity contribution in [2.75, 3.05) is 5.32 Å². The summed E-state index contributed by atoms with van der Waals surface area (Å²) in [5, 5.41) is 3.30. The largest absolute Gasteiger partial charge is 0.573 e. The summed E-state index contributed by atoms with van der Waals surface area (Å²) >= 11 is 0. The molecule has 1 unspecified atom stereocenters. The maximum atomic E-state index is 12.2. The van der Waals surface area contributed by atoms with Crippen molar-refractivity contribution in [1.29, 1.82) is 0 Å². The van der Waals surface area contributed by atoms with Gasteiger partial charge in [0.1, 0.15) is 5.75 Å². The highest BCUT2D eigenvalue weighted by Gasteiger charge is 2.31. The van der Waals surface area contributed by atoms with E-state index in [0.29, 0.717) is 0 Å². The van der Waals surface area contributed by atoms with Crippen molar-refractivity contribution < 1.29 is 17.9 Å². The fourth-order valence-corrected chi connectivity index (χ4v) is 2.43. The molecule has 2 nitrogen and oxygen atoms in total. The van der Waals surface area contributed by atoms with E-state index in [2.05, 4.69) is 10.1 Å². The van der Waals surface area contributed by atoms with E-state index in [1.54, 1.807) is 12.1 Å². The number of hydrogen-bond acceptors (Lipinski definition) is 2. The molecule has 1 aliphatic heterocycles. The van der Waals surface area contributed by atoms with Gasteiger partial charge in [-0.3, -0.25) is 0 Å². The van der Waals surface area contributed by atoms with E-state index in [0.717, 1.165) is 17.7 Å². The Bertz CT molecular complexity index is 600. The summed E-state index contributed by atoms with van der Waals surface area (Å²) in [4.78, 5) is 0. The number of anilines is 1. The Labute approximate surface area is 114 Å². The zero-order valence-corrected chi connectivity index (χ0v) is 10.4. The highest BCUT2D eigenvalue weighted by Crippen LogP contribution is 2.35. The van der Waals surface area contributed by atoms with E-state index in [-0.39, 0.29) is 11.8 Å². The molecule has 1 heterocycles. The molecule has 1 N–H and O–H groups in total. The molecular formula is C15H12F3NO. The van der Waals surface area contributed by atoms with Gasteiger partial charge < -0.3 is 10.1 Å². The van der Waals surface area contributed by atoms with Gasteiger partial charge in [0.05, 0.1) is 6.04 Å². The van der Waals surface area contributed by atoms with E-state index in [1.165, 1.54) is 17.7 Å². The third-order valence-electron chi connectivity index (χ3n) is 3.27. The van der Waals surface area contributed by atoms with Crippen molar-refractivity contribution in [2.45, 2.75) is 18.8 Å². The summed E-state index contributed by atoms with van der Waals surface area (Å²) in [5.41, 5.74) is 2.97. The molecule has 0 spiro atoms. The number of nitrogens with one attached hydrogen (secondary N) is 1. The Kier molecular flexibility index (Phi) is 3.04. The lowest BCUT2D eigenvalue weighted by molar-refractivity contribution is -0.274. The van der Waals surface area contributed by atoms with Crippen molar-refractivity contribution in [3.05, 3.63) is 59.7 Å². The van der Waals surface area contributed by atoms with Gasteiger partial charge in [-0.25, -0.2) is 0 Å². The van der Waals surface area contributed by atoms with Gasteiger partial charge in [0, 0.05) is 5.69 Å². The summed E-state index contributed by atoms with van der Waals surface area (Å²) in [6, 6.07) is 13.9. The average Bonchev–Trinajstić information content (AvgIpc) is 2.80. The molecule has 0 aliphatic carbocycles. The molecule has 3 rings (SSSR count). The lowest BCUT2D eigenvalue weighted by Gasteiger charge is -2.14. The predicted octanol–water partition coefficient (Wildman–Crippen LogP) is 4.29. The van der Waals surface area contributed by atoms with E-state index in [9.17, 15) is 13.2 Å². The van der Waals surface area contributed by atoms with Gasteiger partial charge >= 0.3 is 6.36 Å². The number of para-hydroxylation sites is 1. The van der Waals surface area contributed by atoms with Crippen LogP contribution in [0, 0.1) is 0 Å². The molecule has 5 heteroatoms. The molecule has 104 valence electrons. The van der Waals surface area contributed by atoms with E-state index in [4.69, 9.17) is 0 Å². The quantitative estimate of drug-likeness (QED) is 0.885. The van der Waals surface area contributed by atoms with Crippen LogP contribution >= 0.6 is 0 Å². The van der Waals surface area contributed by atoms with Crippen LogP contribution in [0.4, 0.5) is 18.9 Å². The minimum Gasteiger partial charge on any atom is -0.406 e. The van der Waals surface area contributed by atoms with Crippen LogP contribution in [-0.2, 0) is 6.42 Å². The molecule has 20 heavy (non-hydrogen) atoms. The van der Waals surface area contributed by atoms with Crippen LogP contribution in [0.2, 0.25) is 0 Å². The van der Waals surface area contributed by atoms with Crippen LogP contribution in [0.5, 0.6) is 5.75 Å². The lowest BCUT2D eigenvalue weighted by Crippen LogP contribution is -2.17. The van der Waals surface area contributed by atoms with Crippen LogP contribution in [0.1, 0.15) is 17.2 Å². The SMILES string of the molecule is FC(F)(F)Oc1cccc(C2Cc3ccccc3N2)c1. The Hall–Kier alpha value is -2.17. The molecule has 2 aromatic rings. The molecule has 1 aliphatic rings. The van der Waals surface area contributed by atoms with E-state index < -0.39 is 6.36 Å². The Balaban J connectivity index is 1.81. The Morgan fingerprint density at radius 2 is 1.85 bits per heavy atom. The highest BCUT2D eigenvalue weighted by atomic mass is 19.4. The summed E-state index contributed by atoms with van der Waals surface area (Å²) in [7, 11) is 0. The van der Waals surface area contributed by atoms with Crippen molar-refractivity contribution in [2.24, 2.45) is 0 Å². The van der Waals surface area contributed by atoms with Crippen molar-refractivity contribution >= 4 is 5.69 Å². The monoisotopic (exact) mass is 279 g/mol. The second-order valence-corrected chi connectivity index (χ2v) is 4.68. The van der Waals surface area contributed by atoms with Gasteiger partial charge in [-0.2, -0.15) is 0 Å². The third-order valence-corrected chi connectivity index (χ3v) is 3.27. The fourth-order valence-electron chi connectivity index (χ4n) is 2.43. The van der Waals surface area contributed by atoms with Gasteiger partial charge in [-0.1, -0.05) is 30.3 Å².